The number of pyridine rings is 1. The lowest BCUT2D eigenvalue weighted by Gasteiger charge is -2.13. The summed E-state index contributed by atoms with van der Waals surface area (Å²) in [6.07, 6.45) is 3.41. The first-order valence-electron chi connectivity index (χ1n) is 9.21. The predicted molar refractivity (Wildman–Crippen MR) is 112 cm³/mol. The van der Waals surface area contributed by atoms with Gasteiger partial charge in [0.2, 0.25) is 0 Å². The van der Waals surface area contributed by atoms with Crippen LogP contribution in [0.1, 0.15) is 0 Å². The van der Waals surface area contributed by atoms with Gasteiger partial charge in [0.15, 0.2) is 0 Å². The summed E-state index contributed by atoms with van der Waals surface area (Å²) in [5.41, 5.74) is 3.78. The maximum absolute atomic E-state index is 13.5. The molecule has 0 aliphatic heterocycles. The molecule has 7 heteroatoms. The first-order chi connectivity index (χ1) is 14.6. The maximum Gasteiger partial charge on any atom is 0.146 e. The van der Waals surface area contributed by atoms with Gasteiger partial charge in [0, 0.05) is 35.7 Å². The van der Waals surface area contributed by atoms with Crippen molar-refractivity contribution in [3.63, 3.8) is 0 Å². The molecule has 0 aliphatic rings. The minimum atomic E-state index is -0.307. The van der Waals surface area contributed by atoms with Crippen LogP contribution in [0.15, 0.2) is 60.9 Å². The average Bonchev–Trinajstić information content (AvgIpc) is 3.24. The Morgan fingerprint density at radius 1 is 0.800 bits per heavy atom. The Hall–Kier alpha value is -3.87. The van der Waals surface area contributed by atoms with Crippen LogP contribution in [0, 0.1) is 5.82 Å². The van der Waals surface area contributed by atoms with Gasteiger partial charge in [-0.1, -0.05) is 0 Å². The molecule has 0 bridgehead atoms. The highest BCUT2D eigenvalue weighted by Gasteiger charge is 2.22. The van der Waals surface area contributed by atoms with Gasteiger partial charge in [-0.2, -0.15) is 0 Å². The van der Waals surface area contributed by atoms with Gasteiger partial charge in [-0.25, -0.2) is 9.37 Å². The average molecular weight is 405 g/mol. The molecule has 0 saturated heterocycles. The summed E-state index contributed by atoms with van der Waals surface area (Å²) in [4.78, 5) is 12.3. The zero-order valence-corrected chi connectivity index (χ0v) is 16.8. The maximum atomic E-state index is 13.5. The molecule has 4 aromatic rings. The van der Waals surface area contributed by atoms with Crippen molar-refractivity contribution in [2.24, 2.45) is 0 Å². The van der Waals surface area contributed by atoms with Crippen molar-refractivity contribution in [2.45, 2.75) is 0 Å². The highest BCUT2D eigenvalue weighted by molar-refractivity contribution is 5.83. The number of nitrogens with zero attached hydrogens (tertiary/aromatic N) is 2. The summed E-state index contributed by atoms with van der Waals surface area (Å²) < 4.78 is 30.0. The van der Waals surface area contributed by atoms with Crippen molar-refractivity contribution in [2.75, 3.05) is 21.3 Å². The molecule has 0 saturated carbocycles. The monoisotopic (exact) mass is 405 g/mol. The van der Waals surface area contributed by atoms with Crippen molar-refractivity contribution in [1.82, 2.24) is 15.0 Å². The standard InChI is InChI=1S/C23H20FN3O3/c1-28-17-12-18(29-2)20(19(13-17)30-3)23-26-21(14-4-6-16(24)7-5-14)22(27-23)15-8-10-25-11-9-15/h4-13H,1-3H3,(H,26,27). The molecule has 4 rings (SSSR count). The fraction of sp³-hybridized carbons (Fsp3) is 0.130. The van der Waals surface area contributed by atoms with Crippen LogP contribution in [0.3, 0.4) is 0 Å². The van der Waals surface area contributed by atoms with Crippen LogP contribution in [0.4, 0.5) is 4.39 Å². The Balaban J connectivity index is 1.96. The van der Waals surface area contributed by atoms with Crippen molar-refractivity contribution in [3.05, 3.63) is 66.7 Å². The number of rotatable bonds is 6. The van der Waals surface area contributed by atoms with E-state index in [4.69, 9.17) is 19.2 Å². The lowest BCUT2D eigenvalue weighted by molar-refractivity contribution is 0.377. The molecule has 1 N–H and O–H groups in total. The third kappa shape index (κ3) is 3.57. The molecule has 0 radical (unpaired) electrons. The minimum Gasteiger partial charge on any atom is -0.496 e. The Labute approximate surface area is 173 Å². The molecule has 0 atom stereocenters. The van der Waals surface area contributed by atoms with Crippen LogP contribution >= 0.6 is 0 Å². The minimum absolute atomic E-state index is 0.307. The lowest BCUT2D eigenvalue weighted by atomic mass is 10.1. The van der Waals surface area contributed by atoms with E-state index in [1.807, 2.05) is 12.1 Å². The molecule has 2 aromatic heterocycles. The fourth-order valence-electron chi connectivity index (χ4n) is 3.27. The Morgan fingerprint density at radius 2 is 1.43 bits per heavy atom. The largest absolute Gasteiger partial charge is 0.496 e. The number of H-pyrrole nitrogens is 1. The van der Waals surface area contributed by atoms with Crippen LogP contribution in [-0.2, 0) is 0 Å². The summed E-state index contributed by atoms with van der Waals surface area (Å²) in [6, 6.07) is 13.5. The van der Waals surface area contributed by atoms with Gasteiger partial charge in [0.05, 0.1) is 32.7 Å². The van der Waals surface area contributed by atoms with Crippen molar-refractivity contribution in [1.29, 1.82) is 0 Å². The summed E-state index contributed by atoms with van der Waals surface area (Å²) >= 11 is 0. The first-order valence-corrected chi connectivity index (χ1v) is 9.21. The zero-order chi connectivity index (χ0) is 21.1. The van der Waals surface area contributed by atoms with Crippen LogP contribution in [0.2, 0.25) is 0 Å². The molecule has 0 spiro atoms. The Kier molecular flexibility index (Phi) is 5.34. The molecule has 0 unspecified atom stereocenters. The molecule has 0 aliphatic carbocycles. The highest BCUT2D eigenvalue weighted by Crippen LogP contribution is 2.43. The number of hydrogen-bond donors (Lipinski definition) is 1. The number of ether oxygens (including phenoxy) is 3. The molecule has 0 amide bonds. The third-order valence-electron chi connectivity index (χ3n) is 4.74. The topological polar surface area (TPSA) is 69.3 Å². The van der Waals surface area contributed by atoms with Gasteiger partial charge < -0.3 is 19.2 Å². The van der Waals surface area contributed by atoms with E-state index in [2.05, 4.69) is 9.97 Å². The number of nitrogens with one attached hydrogen (secondary N) is 1. The number of methoxy groups -OCH3 is 3. The fourth-order valence-corrected chi connectivity index (χ4v) is 3.27. The van der Waals surface area contributed by atoms with Crippen LogP contribution in [-0.4, -0.2) is 36.3 Å². The Bertz CT molecular complexity index is 1130. The van der Waals surface area contributed by atoms with Crippen molar-refractivity contribution in [3.8, 4) is 51.2 Å². The summed E-state index contributed by atoms with van der Waals surface area (Å²) in [5.74, 6) is 1.95. The zero-order valence-electron chi connectivity index (χ0n) is 16.8. The van der Waals surface area contributed by atoms with Gasteiger partial charge in [-0.3, -0.25) is 4.98 Å². The number of aromatic nitrogens is 3. The van der Waals surface area contributed by atoms with E-state index in [9.17, 15) is 4.39 Å². The van der Waals surface area contributed by atoms with E-state index < -0.39 is 0 Å². The van der Waals surface area contributed by atoms with Crippen molar-refractivity contribution < 1.29 is 18.6 Å². The second-order valence-corrected chi connectivity index (χ2v) is 6.46. The number of aromatic amines is 1. The molecule has 152 valence electrons. The lowest BCUT2D eigenvalue weighted by Crippen LogP contribution is -1.96. The van der Waals surface area contributed by atoms with Gasteiger partial charge in [-0.05, 0) is 36.4 Å². The summed E-state index contributed by atoms with van der Waals surface area (Å²) in [6.45, 7) is 0. The second-order valence-electron chi connectivity index (χ2n) is 6.46. The van der Waals surface area contributed by atoms with Crippen LogP contribution in [0.5, 0.6) is 17.2 Å². The van der Waals surface area contributed by atoms with E-state index in [-0.39, 0.29) is 5.82 Å². The summed E-state index contributed by atoms with van der Waals surface area (Å²) in [7, 11) is 4.73. The van der Waals surface area contributed by atoms with E-state index in [1.54, 1.807) is 58.0 Å². The normalized spacial score (nSPS) is 10.7. The Morgan fingerprint density at radius 3 is 2.00 bits per heavy atom. The van der Waals surface area contributed by atoms with E-state index >= 15 is 0 Å². The van der Waals surface area contributed by atoms with Gasteiger partial charge in [0.1, 0.15) is 34.5 Å². The highest BCUT2D eigenvalue weighted by atomic mass is 19.1. The predicted octanol–water partition coefficient (Wildman–Crippen LogP) is 4.97. The van der Waals surface area contributed by atoms with Gasteiger partial charge in [-0.15, -0.1) is 0 Å². The molecule has 2 aromatic carbocycles. The molecular weight excluding hydrogens is 385 g/mol. The molecule has 30 heavy (non-hydrogen) atoms. The quantitative estimate of drug-likeness (QED) is 0.490. The SMILES string of the molecule is COc1cc(OC)c(-c2nc(-c3ccc(F)cc3)c(-c3ccncc3)[nH]2)c(OC)c1. The van der Waals surface area contributed by atoms with E-state index in [0.29, 0.717) is 34.3 Å². The molecule has 2 heterocycles. The number of hydrogen-bond acceptors (Lipinski definition) is 5. The van der Waals surface area contributed by atoms with Gasteiger partial charge >= 0.3 is 0 Å². The molecular formula is C23H20FN3O3. The van der Waals surface area contributed by atoms with Gasteiger partial charge in [0.25, 0.3) is 0 Å². The summed E-state index contributed by atoms with van der Waals surface area (Å²) in [5, 5.41) is 0. The van der Waals surface area contributed by atoms with E-state index in [1.165, 1.54) is 12.1 Å². The van der Waals surface area contributed by atoms with Crippen molar-refractivity contribution >= 4 is 0 Å². The first kappa shape index (κ1) is 19.4. The second kappa shape index (κ2) is 8.24. The smallest absolute Gasteiger partial charge is 0.146 e. The third-order valence-corrected chi connectivity index (χ3v) is 4.74. The number of imidazole rings is 1. The molecule has 6 nitrogen and oxygen atoms in total. The molecule has 0 fully saturated rings. The van der Waals surface area contributed by atoms with E-state index in [0.717, 1.165) is 16.8 Å². The van der Waals surface area contributed by atoms with Crippen LogP contribution in [0.25, 0.3) is 33.9 Å². The number of benzene rings is 2. The van der Waals surface area contributed by atoms with Crippen LogP contribution < -0.4 is 14.2 Å². The number of halogens is 1.